The third kappa shape index (κ3) is 3.75. The Kier molecular flexibility index (Phi) is 5.42. The van der Waals surface area contributed by atoms with Crippen LogP contribution in [0.5, 0.6) is 0 Å². The minimum Gasteiger partial charge on any atom is -0.338 e. The molecule has 0 aliphatic carbocycles. The SMILES string of the molecule is Cc1c(C(=O)N2CCC(S(=O)(=O)c3ccc(F)cc3)CC2)cnn1-c1ccccc1. The fraction of sp³-hybridized carbons (Fsp3) is 0.273. The smallest absolute Gasteiger partial charge is 0.257 e. The number of sulfone groups is 1. The molecule has 30 heavy (non-hydrogen) atoms. The first-order chi connectivity index (χ1) is 14.4. The summed E-state index contributed by atoms with van der Waals surface area (Å²) in [6.07, 6.45) is 2.25. The first-order valence-electron chi connectivity index (χ1n) is 9.76. The number of halogens is 1. The quantitative estimate of drug-likeness (QED) is 0.599. The summed E-state index contributed by atoms with van der Waals surface area (Å²) in [7, 11) is -3.55. The van der Waals surface area contributed by atoms with Gasteiger partial charge in [0.05, 0.1) is 33.3 Å². The summed E-state index contributed by atoms with van der Waals surface area (Å²) in [6.45, 7) is 2.54. The van der Waals surface area contributed by atoms with E-state index in [9.17, 15) is 17.6 Å². The molecule has 0 spiro atoms. The van der Waals surface area contributed by atoms with Crippen molar-refractivity contribution in [2.24, 2.45) is 0 Å². The normalized spacial score (nSPS) is 15.3. The van der Waals surface area contributed by atoms with E-state index in [1.165, 1.54) is 12.1 Å². The van der Waals surface area contributed by atoms with E-state index in [0.29, 0.717) is 31.5 Å². The molecule has 4 rings (SSSR count). The Morgan fingerprint density at radius 2 is 1.67 bits per heavy atom. The Hall–Kier alpha value is -3.00. The van der Waals surface area contributed by atoms with E-state index in [-0.39, 0.29) is 10.8 Å². The van der Waals surface area contributed by atoms with Gasteiger partial charge in [-0.3, -0.25) is 4.79 Å². The van der Waals surface area contributed by atoms with Gasteiger partial charge in [-0.05, 0) is 56.2 Å². The van der Waals surface area contributed by atoms with Gasteiger partial charge in [-0.15, -0.1) is 0 Å². The van der Waals surface area contributed by atoms with Crippen molar-refractivity contribution in [2.75, 3.05) is 13.1 Å². The molecule has 0 bridgehead atoms. The minimum atomic E-state index is -3.55. The molecule has 0 saturated carbocycles. The number of carbonyl (C=O) groups is 1. The maximum absolute atomic E-state index is 13.1. The number of piperidine rings is 1. The zero-order valence-electron chi connectivity index (χ0n) is 16.5. The third-order valence-corrected chi connectivity index (χ3v) is 7.83. The summed E-state index contributed by atoms with van der Waals surface area (Å²) in [6, 6.07) is 14.5. The van der Waals surface area contributed by atoms with Crippen LogP contribution in [0.25, 0.3) is 5.69 Å². The number of hydrogen-bond donors (Lipinski definition) is 0. The van der Waals surface area contributed by atoms with Gasteiger partial charge in [0, 0.05) is 13.1 Å². The van der Waals surface area contributed by atoms with Crippen LogP contribution >= 0.6 is 0 Å². The average Bonchev–Trinajstić information content (AvgIpc) is 3.15. The molecule has 0 atom stereocenters. The van der Waals surface area contributed by atoms with Gasteiger partial charge < -0.3 is 4.90 Å². The van der Waals surface area contributed by atoms with Gasteiger partial charge in [-0.2, -0.15) is 5.10 Å². The Balaban J connectivity index is 1.46. The second-order valence-corrected chi connectivity index (χ2v) is 9.61. The molecule has 2 heterocycles. The summed E-state index contributed by atoms with van der Waals surface area (Å²) < 4.78 is 40.5. The summed E-state index contributed by atoms with van der Waals surface area (Å²) in [5, 5.41) is 3.76. The summed E-state index contributed by atoms with van der Waals surface area (Å²) in [4.78, 5) is 14.8. The van der Waals surface area contributed by atoms with Crippen LogP contribution < -0.4 is 0 Å². The minimum absolute atomic E-state index is 0.119. The van der Waals surface area contributed by atoms with E-state index in [1.807, 2.05) is 37.3 Å². The number of amides is 1. The molecule has 156 valence electrons. The molecule has 6 nitrogen and oxygen atoms in total. The summed E-state index contributed by atoms with van der Waals surface area (Å²) in [5.41, 5.74) is 2.13. The van der Waals surface area contributed by atoms with Crippen LogP contribution in [-0.2, 0) is 9.84 Å². The molecule has 1 amide bonds. The standard InChI is InChI=1S/C22H22FN3O3S/c1-16-21(15-24-26(16)18-5-3-2-4-6-18)22(27)25-13-11-20(12-14-25)30(28,29)19-9-7-17(23)8-10-19/h2-10,15,20H,11-14H2,1H3. The lowest BCUT2D eigenvalue weighted by Crippen LogP contribution is -2.42. The lowest BCUT2D eigenvalue weighted by Gasteiger charge is -2.31. The van der Waals surface area contributed by atoms with Gasteiger partial charge in [0.25, 0.3) is 5.91 Å². The third-order valence-electron chi connectivity index (χ3n) is 5.55. The number of hydrogen-bond acceptors (Lipinski definition) is 4. The summed E-state index contributed by atoms with van der Waals surface area (Å²) >= 11 is 0. The number of nitrogens with zero attached hydrogens (tertiary/aromatic N) is 3. The van der Waals surface area contributed by atoms with Crippen molar-refractivity contribution >= 4 is 15.7 Å². The number of aromatic nitrogens is 2. The Morgan fingerprint density at radius 1 is 1.03 bits per heavy atom. The monoisotopic (exact) mass is 427 g/mol. The van der Waals surface area contributed by atoms with Gasteiger partial charge in [0.15, 0.2) is 9.84 Å². The van der Waals surface area contributed by atoms with E-state index < -0.39 is 20.9 Å². The zero-order chi connectivity index (χ0) is 21.3. The number of carbonyl (C=O) groups excluding carboxylic acids is 1. The topological polar surface area (TPSA) is 72.3 Å². The molecule has 0 radical (unpaired) electrons. The van der Waals surface area contributed by atoms with Gasteiger partial charge >= 0.3 is 0 Å². The van der Waals surface area contributed by atoms with Crippen LogP contribution in [0.2, 0.25) is 0 Å². The molecule has 0 N–H and O–H groups in total. The second-order valence-electron chi connectivity index (χ2n) is 7.38. The number of para-hydroxylation sites is 1. The van der Waals surface area contributed by atoms with Crippen LogP contribution in [0.3, 0.4) is 0 Å². The van der Waals surface area contributed by atoms with Gasteiger partial charge in [-0.1, -0.05) is 18.2 Å². The van der Waals surface area contributed by atoms with Crippen LogP contribution in [0.4, 0.5) is 4.39 Å². The predicted molar refractivity (Wildman–Crippen MR) is 111 cm³/mol. The molecule has 0 unspecified atom stereocenters. The predicted octanol–water partition coefficient (Wildman–Crippen LogP) is 3.40. The largest absolute Gasteiger partial charge is 0.338 e. The molecule has 2 aromatic carbocycles. The maximum Gasteiger partial charge on any atom is 0.257 e. The number of likely N-dealkylation sites (tertiary alicyclic amines) is 1. The van der Waals surface area contributed by atoms with Crippen LogP contribution in [0, 0.1) is 12.7 Å². The fourth-order valence-electron chi connectivity index (χ4n) is 3.81. The maximum atomic E-state index is 13.1. The molecule has 1 aliphatic rings. The molecular formula is C22H22FN3O3S. The van der Waals surface area contributed by atoms with Gasteiger partial charge in [0.1, 0.15) is 5.82 Å². The van der Waals surface area contributed by atoms with Crippen molar-refractivity contribution in [3.63, 3.8) is 0 Å². The number of rotatable bonds is 4. The number of benzene rings is 2. The Morgan fingerprint density at radius 3 is 2.30 bits per heavy atom. The van der Waals surface area contributed by atoms with Crippen LogP contribution in [0.15, 0.2) is 65.7 Å². The lowest BCUT2D eigenvalue weighted by atomic mass is 10.1. The van der Waals surface area contributed by atoms with E-state index >= 15 is 0 Å². The molecule has 1 saturated heterocycles. The van der Waals surface area contributed by atoms with Crippen molar-refractivity contribution < 1.29 is 17.6 Å². The van der Waals surface area contributed by atoms with Crippen molar-refractivity contribution in [3.8, 4) is 5.69 Å². The van der Waals surface area contributed by atoms with Crippen molar-refractivity contribution in [1.29, 1.82) is 0 Å². The van der Waals surface area contributed by atoms with E-state index in [0.717, 1.165) is 23.5 Å². The molecule has 1 fully saturated rings. The van der Waals surface area contributed by atoms with E-state index in [1.54, 1.807) is 15.8 Å². The highest BCUT2D eigenvalue weighted by molar-refractivity contribution is 7.92. The first-order valence-corrected chi connectivity index (χ1v) is 11.3. The first kappa shape index (κ1) is 20.3. The van der Waals surface area contributed by atoms with Gasteiger partial charge in [-0.25, -0.2) is 17.5 Å². The highest BCUT2D eigenvalue weighted by Gasteiger charge is 2.33. The van der Waals surface area contributed by atoms with Crippen LogP contribution in [0.1, 0.15) is 28.9 Å². The van der Waals surface area contributed by atoms with Gasteiger partial charge in [0.2, 0.25) is 0 Å². The Bertz CT molecular complexity index is 1150. The second kappa shape index (κ2) is 8.02. The molecule has 1 aliphatic heterocycles. The fourth-order valence-corrected chi connectivity index (χ4v) is 5.54. The van der Waals surface area contributed by atoms with Crippen molar-refractivity contribution in [1.82, 2.24) is 14.7 Å². The Labute approximate surface area is 174 Å². The highest BCUT2D eigenvalue weighted by Crippen LogP contribution is 2.26. The molecule has 1 aromatic heterocycles. The van der Waals surface area contributed by atoms with E-state index in [2.05, 4.69) is 5.10 Å². The van der Waals surface area contributed by atoms with Crippen molar-refractivity contribution in [3.05, 3.63) is 77.9 Å². The van der Waals surface area contributed by atoms with Crippen LogP contribution in [-0.4, -0.2) is 47.3 Å². The van der Waals surface area contributed by atoms with Crippen molar-refractivity contribution in [2.45, 2.75) is 29.9 Å². The molecular weight excluding hydrogens is 405 g/mol. The average molecular weight is 428 g/mol. The summed E-state index contributed by atoms with van der Waals surface area (Å²) in [5.74, 6) is -0.618. The molecule has 8 heteroatoms. The lowest BCUT2D eigenvalue weighted by molar-refractivity contribution is 0.0725. The molecule has 3 aromatic rings. The van der Waals surface area contributed by atoms with E-state index in [4.69, 9.17) is 0 Å². The highest BCUT2D eigenvalue weighted by atomic mass is 32.2. The zero-order valence-corrected chi connectivity index (χ0v) is 17.3.